The van der Waals surface area contributed by atoms with Gasteiger partial charge in [-0.2, -0.15) is 0 Å². The smallest absolute Gasteiger partial charge is 0.244 e. The molecular formula is C24H31ClFN3O4S. The van der Waals surface area contributed by atoms with E-state index in [9.17, 15) is 22.4 Å². The fourth-order valence-corrected chi connectivity index (χ4v) is 4.35. The number of benzene rings is 2. The molecule has 7 nitrogen and oxygen atoms in total. The maximum Gasteiger partial charge on any atom is 0.244 e. The number of aryl methyl sites for hydroxylation is 1. The summed E-state index contributed by atoms with van der Waals surface area (Å²) in [4.78, 5) is 27.7. The van der Waals surface area contributed by atoms with E-state index in [1.165, 1.54) is 35.2 Å². The fraction of sp³-hybridized carbons (Fsp3) is 0.417. The summed E-state index contributed by atoms with van der Waals surface area (Å²) in [6.45, 7) is 8.19. The largest absolute Gasteiger partial charge is 0.350 e. The second kappa shape index (κ2) is 10.7. The number of halogens is 2. The Balaban J connectivity index is 2.44. The minimum atomic E-state index is -3.86. The van der Waals surface area contributed by atoms with Crippen molar-refractivity contribution in [3.8, 4) is 0 Å². The van der Waals surface area contributed by atoms with Crippen molar-refractivity contribution in [2.24, 2.45) is 0 Å². The van der Waals surface area contributed by atoms with Gasteiger partial charge >= 0.3 is 0 Å². The third kappa shape index (κ3) is 7.70. The van der Waals surface area contributed by atoms with Crippen molar-refractivity contribution in [1.29, 1.82) is 0 Å². The molecule has 0 aliphatic rings. The van der Waals surface area contributed by atoms with Crippen LogP contribution in [0.1, 0.15) is 38.8 Å². The lowest BCUT2D eigenvalue weighted by atomic mass is 10.1. The van der Waals surface area contributed by atoms with E-state index in [4.69, 9.17) is 11.6 Å². The van der Waals surface area contributed by atoms with E-state index >= 15 is 0 Å². The van der Waals surface area contributed by atoms with Crippen molar-refractivity contribution in [2.75, 3.05) is 17.1 Å². The maximum absolute atomic E-state index is 13.5. The van der Waals surface area contributed by atoms with Crippen LogP contribution in [0.2, 0.25) is 5.02 Å². The number of sulfonamides is 1. The molecule has 2 amide bonds. The minimum Gasteiger partial charge on any atom is -0.350 e. The summed E-state index contributed by atoms with van der Waals surface area (Å²) < 4.78 is 39.6. The molecular weight excluding hydrogens is 481 g/mol. The second-order valence-electron chi connectivity index (χ2n) is 9.26. The van der Waals surface area contributed by atoms with Crippen LogP contribution in [0.3, 0.4) is 0 Å². The molecule has 0 aromatic heterocycles. The predicted octanol–water partition coefficient (Wildman–Crippen LogP) is 3.89. The van der Waals surface area contributed by atoms with Gasteiger partial charge in [0.1, 0.15) is 18.4 Å². The molecule has 0 aliphatic carbocycles. The molecule has 0 saturated heterocycles. The Kier molecular flexibility index (Phi) is 8.71. The SMILES string of the molecule is Cc1ccc(Cl)cc1N(CC(=O)N(Cc1ccc(F)cc1)[C@@H](C)C(=O)NC(C)(C)C)S(C)(=O)=O. The summed E-state index contributed by atoms with van der Waals surface area (Å²) in [5.74, 6) is -1.42. The van der Waals surface area contributed by atoms with Crippen molar-refractivity contribution < 1.29 is 22.4 Å². The summed E-state index contributed by atoms with van der Waals surface area (Å²) in [6, 6.07) is 9.40. The quantitative estimate of drug-likeness (QED) is 0.582. The lowest BCUT2D eigenvalue weighted by Gasteiger charge is -2.33. The number of hydrogen-bond donors (Lipinski definition) is 1. The molecule has 0 saturated carbocycles. The summed E-state index contributed by atoms with van der Waals surface area (Å²) in [5.41, 5.74) is 0.949. The standard InChI is InChI=1S/C24H31ClFN3O4S/c1-16-7-10-19(25)13-21(16)29(34(6,32)33)15-22(30)28(14-18-8-11-20(26)12-9-18)17(2)23(31)27-24(3,4)5/h7-13,17H,14-15H2,1-6H3,(H,27,31)/t17-/m0/s1. The summed E-state index contributed by atoms with van der Waals surface area (Å²) in [7, 11) is -3.86. The van der Waals surface area contributed by atoms with Gasteiger partial charge in [-0.25, -0.2) is 12.8 Å². The second-order valence-corrected chi connectivity index (χ2v) is 11.6. The molecule has 1 atom stereocenters. The van der Waals surface area contributed by atoms with Gasteiger partial charge < -0.3 is 10.2 Å². The number of nitrogens with zero attached hydrogens (tertiary/aromatic N) is 2. The first-order valence-electron chi connectivity index (χ1n) is 10.7. The van der Waals surface area contributed by atoms with Crippen LogP contribution in [0, 0.1) is 12.7 Å². The Labute approximate surface area is 205 Å². The van der Waals surface area contributed by atoms with Gasteiger partial charge in [0.25, 0.3) is 0 Å². The van der Waals surface area contributed by atoms with E-state index in [-0.39, 0.29) is 12.2 Å². The minimum absolute atomic E-state index is 0.00995. The van der Waals surface area contributed by atoms with Crippen molar-refractivity contribution in [2.45, 2.75) is 52.7 Å². The molecule has 1 N–H and O–H groups in total. The Hall–Kier alpha value is -2.65. The highest BCUT2D eigenvalue weighted by Crippen LogP contribution is 2.26. The van der Waals surface area contributed by atoms with Crippen LogP contribution < -0.4 is 9.62 Å². The molecule has 2 aromatic rings. The number of nitrogens with one attached hydrogen (secondary N) is 1. The molecule has 10 heteroatoms. The summed E-state index contributed by atoms with van der Waals surface area (Å²) >= 11 is 6.08. The average Bonchev–Trinajstić information content (AvgIpc) is 2.70. The Morgan fingerprint density at radius 1 is 1.12 bits per heavy atom. The topological polar surface area (TPSA) is 86.8 Å². The molecule has 0 unspecified atom stereocenters. The zero-order chi connectivity index (χ0) is 25.8. The third-order valence-corrected chi connectivity index (χ3v) is 6.41. The highest BCUT2D eigenvalue weighted by atomic mass is 35.5. The molecule has 34 heavy (non-hydrogen) atoms. The number of amides is 2. The van der Waals surface area contributed by atoms with Gasteiger partial charge in [0, 0.05) is 17.1 Å². The monoisotopic (exact) mass is 511 g/mol. The van der Waals surface area contributed by atoms with Crippen LogP contribution in [0.25, 0.3) is 0 Å². The van der Waals surface area contributed by atoms with E-state index < -0.39 is 45.8 Å². The van der Waals surface area contributed by atoms with Crippen LogP contribution in [0.5, 0.6) is 0 Å². The van der Waals surface area contributed by atoms with Gasteiger partial charge in [-0.1, -0.05) is 29.8 Å². The van der Waals surface area contributed by atoms with Crippen molar-refractivity contribution in [3.05, 3.63) is 64.4 Å². The first-order valence-corrected chi connectivity index (χ1v) is 12.9. The lowest BCUT2D eigenvalue weighted by Crippen LogP contribution is -2.54. The van der Waals surface area contributed by atoms with Gasteiger partial charge in [0.05, 0.1) is 11.9 Å². The van der Waals surface area contributed by atoms with E-state index in [2.05, 4.69) is 5.32 Å². The van der Waals surface area contributed by atoms with Crippen molar-refractivity contribution in [1.82, 2.24) is 10.2 Å². The third-order valence-electron chi connectivity index (χ3n) is 5.05. The van der Waals surface area contributed by atoms with E-state index in [1.807, 2.05) is 20.8 Å². The number of carbonyl (C=O) groups is 2. The molecule has 0 fully saturated rings. The van der Waals surface area contributed by atoms with Gasteiger partial charge in [-0.15, -0.1) is 0 Å². The summed E-state index contributed by atoms with van der Waals surface area (Å²) in [6.07, 6.45) is 1.00. The zero-order valence-corrected chi connectivity index (χ0v) is 21.8. The Morgan fingerprint density at radius 3 is 2.24 bits per heavy atom. The molecule has 0 heterocycles. The Morgan fingerprint density at radius 2 is 1.71 bits per heavy atom. The van der Waals surface area contributed by atoms with E-state index in [0.717, 1.165) is 10.6 Å². The lowest BCUT2D eigenvalue weighted by molar-refractivity contribution is -0.140. The van der Waals surface area contributed by atoms with Crippen LogP contribution in [0.4, 0.5) is 10.1 Å². The molecule has 0 aliphatic heterocycles. The van der Waals surface area contributed by atoms with Crippen molar-refractivity contribution in [3.63, 3.8) is 0 Å². The number of anilines is 1. The van der Waals surface area contributed by atoms with Crippen LogP contribution in [0.15, 0.2) is 42.5 Å². The maximum atomic E-state index is 13.5. The average molecular weight is 512 g/mol. The Bertz CT molecular complexity index is 1150. The first kappa shape index (κ1) is 27.6. The van der Waals surface area contributed by atoms with Crippen LogP contribution >= 0.6 is 11.6 Å². The van der Waals surface area contributed by atoms with Crippen LogP contribution in [-0.2, 0) is 26.2 Å². The van der Waals surface area contributed by atoms with Gasteiger partial charge in [-0.05, 0) is 70.0 Å². The first-order chi connectivity index (χ1) is 15.6. The highest BCUT2D eigenvalue weighted by Gasteiger charge is 2.31. The number of rotatable bonds is 8. The predicted molar refractivity (Wildman–Crippen MR) is 133 cm³/mol. The fourth-order valence-electron chi connectivity index (χ4n) is 3.29. The van der Waals surface area contributed by atoms with Gasteiger partial charge in [-0.3, -0.25) is 13.9 Å². The molecule has 0 radical (unpaired) electrons. The zero-order valence-electron chi connectivity index (χ0n) is 20.2. The molecule has 186 valence electrons. The normalized spacial score (nSPS) is 12.7. The molecule has 0 bridgehead atoms. The van der Waals surface area contributed by atoms with E-state index in [0.29, 0.717) is 16.1 Å². The van der Waals surface area contributed by atoms with Gasteiger partial charge in [0.2, 0.25) is 21.8 Å². The molecule has 0 spiro atoms. The molecule has 2 aromatic carbocycles. The van der Waals surface area contributed by atoms with Crippen molar-refractivity contribution >= 4 is 39.1 Å². The molecule has 2 rings (SSSR count). The number of hydrogen-bond acceptors (Lipinski definition) is 4. The highest BCUT2D eigenvalue weighted by molar-refractivity contribution is 7.92. The van der Waals surface area contributed by atoms with E-state index in [1.54, 1.807) is 26.0 Å². The number of carbonyl (C=O) groups excluding carboxylic acids is 2. The summed E-state index contributed by atoms with van der Waals surface area (Å²) in [5, 5.41) is 3.16. The van der Waals surface area contributed by atoms with Crippen LogP contribution in [-0.4, -0.2) is 49.5 Å². The van der Waals surface area contributed by atoms with Gasteiger partial charge in [0.15, 0.2) is 0 Å².